The zero-order valence-corrected chi connectivity index (χ0v) is 11.9. The molecule has 3 aromatic rings. The summed E-state index contributed by atoms with van der Waals surface area (Å²) in [6, 6.07) is 7.63. The molecule has 2 heterocycles. The molecule has 2 N–H and O–H groups in total. The van der Waals surface area contributed by atoms with E-state index in [1.165, 1.54) is 0 Å². The number of methoxy groups -OCH3 is 1. The van der Waals surface area contributed by atoms with Crippen LogP contribution in [-0.4, -0.2) is 17.3 Å². The number of ether oxygens (including phenoxy) is 1. The number of hydrogen-bond donors (Lipinski definition) is 1. The van der Waals surface area contributed by atoms with Crippen molar-refractivity contribution in [2.24, 2.45) is 0 Å². The minimum atomic E-state index is 0.291. The second-order valence-electron chi connectivity index (χ2n) is 4.25. The van der Waals surface area contributed by atoms with E-state index in [9.17, 15) is 0 Å². The average molecular weight is 287 g/mol. The Kier molecular flexibility index (Phi) is 3.15. The number of aromatic nitrogens is 2. The molecule has 0 aliphatic carbocycles. The molecule has 102 valence electrons. The second-order valence-corrected chi connectivity index (χ2v) is 5.48. The van der Waals surface area contributed by atoms with Crippen LogP contribution in [-0.2, 0) is 0 Å². The van der Waals surface area contributed by atoms with Gasteiger partial charge in [0.1, 0.15) is 11.4 Å². The molecule has 0 spiro atoms. The minimum Gasteiger partial charge on any atom is -0.497 e. The molecule has 0 radical (unpaired) electrons. The van der Waals surface area contributed by atoms with Crippen LogP contribution < -0.4 is 10.5 Å². The first-order valence-corrected chi connectivity index (χ1v) is 6.83. The van der Waals surface area contributed by atoms with Gasteiger partial charge in [0.2, 0.25) is 5.88 Å². The maximum atomic E-state index is 5.92. The Morgan fingerprint density at radius 2 is 2.20 bits per heavy atom. The van der Waals surface area contributed by atoms with E-state index in [2.05, 4.69) is 10.1 Å². The van der Waals surface area contributed by atoms with E-state index >= 15 is 0 Å². The number of nitrogens with two attached hydrogens (primary N) is 1. The predicted octanol–water partition coefficient (Wildman–Crippen LogP) is 3.36. The van der Waals surface area contributed by atoms with Crippen LogP contribution in [0.3, 0.4) is 0 Å². The number of nitrogens with zero attached hydrogens (tertiary/aromatic N) is 2. The van der Waals surface area contributed by atoms with E-state index < -0.39 is 0 Å². The van der Waals surface area contributed by atoms with Crippen molar-refractivity contribution in [3.8, 4) is 27.4 Å². The van der Waals surface area contributed by atoms with Gasteiger partial charge in [0.15, 0.2) is 0 Å². The number of hydrogen-bond acceptors (Lipinski definition) is 6. The van der Waals surface area contributed by atoms with Gasteiger partial charge in [-0.2, -0.15) is 0 Å². The van der Waals surface area contributed by atoms with Gasteiger partial charge in [0.25, 0.3) is 0 Å². The van der Waals surface area contributed by atoms with Crippen molar-refractivity contribution < 1.29 is 9.26 Å². The van der Waals surface area contributed by atoms with Crippen LogP contribution in [0.5, 0.6) is 5.75 Å². The van der Waals surface area contributed by atoms with E-state index in [0.717, 1.165) is 26.8 Å². The van der Waals surface area contributed by atoms with Crippen molar-refractivity contribution >= 4 is 17.2 Å². The summed E-state index contributed by atoms with van der Waals surface area (Å²) in [6.07, 6.45) is 1.78. The number of benzene rings is 1. The summed E-state index contributed by atoms with van der Waals surface area (Å²) in [5.74, 6) is 1.05. The van der Waals surface area contributed by atoms with E-state index in [4.69, 9.17) is 15.0 Å². The maximum Gasteiger partial charge on any atom is 0.230 e. The third-order valence-corrected chi connectivity index (χ3v) is 3.85. The lowest BCUT2D eigenvalue weighted by Gasteiger charge is -2.04. The molecule has 3 rings (SSSR count). The van der Waals surface area contributed by atoms with Crippen molar-refractivity contribution in [1.29, 1.82) is 0 Å². The van der Waals surface area contributed by atoms with Gasteiger partial charge >= 0.3 is 0 Å². The van der Waals surface area contributed by atoms with Crippen LogP contribution in [0.25, 0.3) is 21.7 Å². The molecule has 0 aliphatic rings. The largest absolute Gasteiger partial charge is 0.497 e. The summed E-state index contributed by atoms with van der Waals surface area (Å²) in [5, 5.41) is 5.03. The van der Waals surface area contributed by atoms with Gasteiger partial charge in [-0.25, -0.2) is 4.98 Å². The molecule has 6 heteroatoms. The molecular weight excluding hydrogens is 274 g/mol. The topological polar surface area (TPSA) is 74.2 Å². The highest BCUT2D eigenvalue weighted by Gasteiger charge is 2.19. The van der Waals surface area contributed by atoms with Crippen molar-refractivity contribution in [2.45, 2.75) is 6.92 Å². The van der Waals surface area contributed by atoms with Gasteiger partial charge < -0.3 is 15.0 Å². The van der Waals surface area contributed by atoms with E-state index in [1.807, 2.05) is 31.2 Å². The SMILES string of the molecule is COc1cccc(-c2c(-c3cnc(C)s3)noc2N)c1. The van der Waals surface area contributed by atoms with Crippen molar-refractivity contribution in [2.75, 3.05) is 12.8 Å². The zero-order chi connectivity index (χ0) is 14.1. The monoisotopic (exact) mass is 287 g/mol. The first-order valence-electron chi connectivity index (χ1n) is 6.01. The summed E-state index contributed by atoms with van der Waals surface area (Å²) in [4.78, 5) is 5.17. The molecule has 0 bridgehead atoms. The molecule has 0 fully saturated rings. The lowest BCUT2D eigenvalue weighted by Crippen LogP contribution is -1.88. The molecule has 0 aliphatic heterocycles. The molecule has 2 aromatic heterocycles. The van der Waals surface area contributed by atoms with Crippen LogP contribution in [0.1, 0.15) is 5.01 Å². The summed E-state index contributed by atoms with van der Waals surface area (Å²) in [5.41, 5.74) is 8.31. The molecule has 20 heavy (non-hydrogen) atoms. The Hall–Kier alpha value is -2.34. The van der Waals surface area contributed by atoms with Crippen LogP contribution in [0.15, 0.2) is 35.0 Å². The predicted molar refractivity (Wildman–Crippen MR) is 78.7 cm³/mol. The van der Waals surface area contributed by atoms with E-state index in [0.29, 0.717) is 11.6 Å². The molecule has 0 saturated carbocycles. The molecule has 5 nitrogen and oxygen atoms in total. The van der Waals surface area contributed by atoms with Gasteiger partial charge in [-0.15, -0.1) is 11.3 Å². The molecule has 0 unspecified atom stereocenters. The average Bonchev–Trinajstić information content (AvgIpc) is 3.05. The number of rotatable bonds is 3. The Morgan fingerprint density at radius 1 is 1.35 bits per heavy atom. The third-order valence-electron chi connectivity index (χ3n) is 2.93. The summed E-state index contributed by atoms with van der Waals surface area (Å²) >= 11 is 1.55. The lowest BCUT2D eigenvalue weighted by atomic mass is 10.0. The van der Waals surface area contributed by atoms with Crippen molar-refractivity contribution in [1.82, 2.24) is 10.1 Å². The lowest BCUT2D eigenvalue weighted by molar-refractivity contribution is 0.415. The summed E-state index contributed by atoms with van der Waals surface area (Å²) < 4.78 is 10.4. The van der Waals surface area contributed by atoms with Crippen LogP contribution >= 0.6 is 11.3 Å². The van der Waals surface area contributed by atoms with E-state index in [1.54, 1.807) is 24.6 Å². The summed E-state index contributed by atoms with van der Waals surface area (Å²) in [6.45, 7) is 1.95. The minimum absolute atomic E-state index is 0.291. The molecule has 0 saturated heterocycles. The van der Waals surface area contributed by atoms with Gasteiger partial charge in [0, 0.05) is 6.20 Å². The Bertz CT molecular complexity index is 748. The highest BCUT2D eigenvalue weighted by atomic mass is 32.1. The number of thiazole rings is 1. The molecule has 1 aromatic carbocycles. The maximum absolute atomic E-state index is 5.92. The summed E-state index contributed by atoms with van der Waals surface area (Å²) in [7, 11) is 1.63. The fourth-order valence-electron chi connectivity index (χ4n) is 2.00. The Morgan fingerprint density at radius 3 is 2.90 bits per heavy atom. The van der Waals surface area contributed by atoms with E-state index in [-0.39, 0.29) is 0 Å². The normalized spacial score (nSPS) is 10.7. The Balaban J connectivity index is 2.15. The smallest absolute Gasteiger partial charge is 0.230 e. The molecule has 0 atom stereocenters. The van der Waals surface area contributed by atoms with Crippen LogP contribution in [0.2, 0.25) is 0 Å². The molecule has 0 amide bonds. The van der Waals surface area contributed by atoms with Gasteiger partial charge in [-0.1, -0.05) is 17.3 Å². The zero-order valence-electron chi connectivity index (χ0n) is 11.1. The fraction of sp³-hybridized carbons (Fsp3) is 0.143. The number of nitrogen functional groups attached to an aromatic ring is 1. The Labute approximate surface area is 120 Å². The van der Waals surface area contributed by atoms with Gasteiger partial charge in [-0.3, -0.25) is 0 Å². The fourth-order valence-corrected chi connectivity index (χ4v) is 2.76. The number of anilines is 1. The third kappa shape index (κ3) is 2.14. The van der Waals surface area contributed by atoms with Crippen LogP contribution in [0.4, 0.5) is 5.88 Å². The van der Waals surface area contributed by atoms with Crippen molar-refractivity contribution in [3.63, 3.8) is 0 Å². The first-order chi connectivity index (χ1) is 9.69. The van der Waals surface area contributed by atoms with Gasteiger partial charge in [0.05, 0.1) is 22.6 Å². The quantitative estimate of drug-likeness (QED) is 0.799. The van der Waals surface area contributed by atoms with Gasteiger partial charge in [-0.05, 0) is 24.6 Å². The van der Waals surface area contributed by atoms with Crippen molar-refractivity contribution in [3.05, 3.63) is 35.5 Å². The first kappa shape index (κ1) is 12.7. The second kappa shape index (κ2) is 4.97. The highest BCUT2D eigenvalue weighted by molar-refractivity contribution is 7.15. The molecular formula is C14H13N3O2S. The highest BCUT2D eigenvalue weighted by Crippen LogP contribution is 2.39. The standard InChI is InChI=1S/C14H13N3O2S/c1-8-16-7-11(20-8)13-12(14(15)19-17-13)9-4-3-5-10(6-9)18-2/h3-7H,15H2,1-2H3. The number of aryl methyl sites for hydroxylation is 1. The van der Waals surface area contributed by atoms with Crippen LogP contribution in [0, 0.1) is 6.92 Å².